The first kappa shape index (κ1) is 10.3. The van der Waals surface area contributed by atoms with Crippen molar-refractivity contribution in [3.05, 3.63) is 59.3 Å². The Bertz CT molecular complexity index is 540. The van der Waals surface area contributed by atoms with Crippen molar-refractivity contribution in [1.29, 1.82) is 0 Å². The van der Waals surface area contributed by atoms with E-state index in [-0.39, 0.29) is 10.7 Å². The summed E-state index contributed by atoms with van der Waals surface area (Å²) in [7, 11) is 0. The average molecular weight is 217 g/mol. The first-order valence-corrected chi connectivity index (χ1v) is 4.75. The number of hydrogen-bond acceptors (Lipinski definition) is 1. The Morgan fingerprint density at radius 2 is 1.81 bits per heavy atom. The van der Waals surface area contributed by atoms with E-state index in [0.717, 1.165) is 0 Å². The van der Waals surface area contributed by atoms with Crippen LogP contribution in [0, 0.1) is 10.7 Å². The summed E-state index contributed by atoms with van der Waals surface area (Å²) in [6.45, 7) is 0. The summed E-state index contributed by atoms with van der Waals surface area (Å²) < 4.78 is 13.5. The Kier molecular flexibility index (Phi) is 2.64. The molecule has 2 N–H and O–H groups in total. The van der Waals surface area contributed by atoms with E-state index >= 15 is 0 Å². The summed E-state index contributed by atoms with van der Waals surface area (Å²) in [6.07, 6.45) is 0. The molecule has 0 aliphatic heterocycles. The Labute approximate surface area is 91.9 Å². The fourth-order valence-corrected chi connectivity index (χ4v) is 1.51. The molecule has 0 aliphatic carbocycles. The van der Waals surface area contributed by atoms with Gasteiger partial charge in [0.2, 0.25) is 0 Å². The summed E-state index contributed by atoms with van der Waals surface area (Å²) in [5.41, 5.74) is 1.37. The van der Waals surface area contributed by atoms with Gasteiger partial charge in [-0.3, -0.25) is 0 Å². The maximum Gasteiger partial charge on any atom is 0.292 e. The van der Waals surface area contributed by atoms with Crippen LogP contribution in [0.25, 0.3) is 11.1 Å². The minimum atomic E-state index is -0.325. The van der Waals surface area contributed by atoms with Gasteiger partial charge in [-0.1, -0.05) is 30.3 Å². The van der Waals surface area contributed by atoms with Crippen molar-refractivity contribution in [2.24, 2.45) is 5.84 Å². The van der Waals surface area contributed by atoms with Gasteiger partial charge >= 0.3 is 0 Å². The summed E-state index contributed by atoms with van der Waals surface area (Å²) >= 11 is 0. The minimum absolute atomic E-state index is 0.254. The van der Waals surface area contributed by atoms with Crippen molar-refractivity contribution >= 4 is 5.69 Å². The summed E-state index contributed by atoms with van der Waals surface area (Å²) in [5, 5.41) is 0. The quantitative estimate of drug-likeness (QED) is 0.477. The van der Waals surface area contributed by atoms with Crippen LogP contribution in [0.1, 0.15) is 0 Å². The number of nitroso groups, excluding NO2 is 1. The third kappa shape index (κ3) is 1.91. The lowest BCUT2D eigenvalue weighted by molar-refractivity contribution is -0.474. The van der Waals surface area contributed by atoms with Crippen LogP contribution in [-0.4, -0.2) is 4.87 Å². The maximum atomic E-state index is 13.5. The minimum Gasteiger partial charge on any atom is -0.206 e. The molecule has 2 aromatic carbocycles. The van der Waals surface area contributed by atoms with Crippen molar-refractivity contribution in [3.8, 4) is 11.1 Å². The van der Waals surface area contributed by atoms with Crippen molar-refractivity contribution in [3.63, 3.8) is 0 Å². The SMILES string of the molecule is N[N+](=O)c1cccc(-c2ccccc2F)c1. The maximum absolute atomic E-state index is 13.5. The molecule has 0 aliphatic rings. The van der Waals surface area contributed by atoms with Gasteiger partial charge in [0.05, 0.1) is 4.91 Å². The van der Waals surface area contributed by atoms with Crippen LogP contribution in [0.15, 0.2) is 48.5 Å². The molecule has 0 saturated carbocycles. The van der Waals surface area contributed by atoms with Gasteiger partial charge in [-0.25, -0.2) is 4.39 Å². The molecule has 3 nitrogen and oxygen atoms in total. The second-order valence-corrected chi connectivity index (χ2v) is 3.36. The molecule has 2 rings (SSSR count). The topological polar surface area (TPSA) is 46.1 Å². The van der Waals surface area contributed by atoms with Crippen LogP contribution in [0.3, 0.4) is 0 Å². The zero-order chi connectivity index (χ0) is 11.5. The molecule has 0 saturated heterocycles. The summed E-state index contributed by atoms with van der Waals surface area (Å²) in [6, 6.07) is 12.9. The van der Waals surface area contributed by atoms with Crippen molar-refractivity contribution in [1.82, 2.24) is 0 Å². The smallest absolute Gasteiger partial charge is 0.206 e. The Morgan fingerprint density at radius 1 is 1.06 bits per heavy atom. The largest absolute Gasteiger partial charge is 0.292 e. The molecule has 0 bridgehead atoms. The van der Waals surface area contributed by atoms with E-state index in [1.165, 1.54) is 6.07 Å². The first-order valence-electron chi connectivity index (χ1n) is 4.75. The monoisotopic (exact) mass is 217 g/mol. The number of benzene rings is 2. The van der Waals surface area contributed by atoms with Gasteiger partial charge in [0.1, 0.15) is 5.82 Å². The van der Waals surface area contributed by atoms with Crippen LogP contribution in [-0.2, 0) is 0 Å². The number of halogens is 1. The fraction of sp³-hybridized carbons (Fsp3) is 0. The highest BCUT2D eigenvalue weighted by molar-refractivity contribution is 5.66. The van der Waals surface area contributed by atoms with Crippen LogP contribution >= 0.6 is 0 Å². The van der Waals surface area contributed by atoms with Crippen molar-refractivity contribution in [2.45, 2.75) is 0 Å². The molecule has 0 atom stereocenters. The van der Waals surface area contributed by atoms with Crippen LogP contribution in [0.2, 0.25) is 0 Å². The highest BCUT2D eigenvalue weighted by atomic mass is 19.1. The van der Waals surface area contributed by atoms with E-state index in [9.17, 15) is 9.30 Å². The molecule has 80 valence electrons. The number of nitrogens with two attached hydrogens (primary N) is 1. The fourth-order valence-electron chi connectivity index (χ4n) is 1.51. The Hall–Kier alpha value is -2.23. The van der Waals surface area contributed by atoms with Gasteiger partial charge in [0.15, 0.2) is 4.87 Å². The van der Waals surface area contributed by atoms with Crippen molar-refractivity contribution < 1.29 is 9.26 Å². The van der Waals surface area contributed by atoms with Crippen molar-refractivity contribution in [2.75, 3.05) is 0 Å². The predicted octanol–water partition coefficient (Wildman–Crippen LogP) is 2.78. The second-order valence-electron chi connectivity index (χ2n) is 3.36. The summed E-state index contributed by atoms with van der Waals surface area (Å²) in [4.78, 5) is 11.2. The molecule has 0 spiro atoms. The molecular formula is C12H10FN2O+. The number of hydrogen-bond donors (Lipinski definition) is 1. The number of nitrogens with zero attached hydrogens (tertiary/aromatic N) is 1. The second kappa shape index (κ2) is 4.10. The van der Waals surface area contributed by atoms with E-state index in [1.54, 1.807) is 42.5 Å². The van der Waals surface area contributed by atoms with E-state index < -0.39 is 0 Å². The highest BCUT2D eigenvalue weighted by Crippen LogP contribution is 2.25. The van der Waals surface area contributed by atoms with E-state index in [0.29, 0.717) is 16.8 Å². The standard InChI is InChI=1S/C12H10FN2O/c13-12-7-2-1-6-11(12)9-4-3-5-10(8-9)15(14)16/h1-8H,(H2,14,16)/q+1. The van der Waals surface area contributed by atoms with Gasteiger partial charge < -0.3 is 0 Å². The average Bonchev–Trinajstić information content (AvgIpc) is 2.30. The molecule has 0 aromatic heterocycles. The van der Waals surface area contributed by atoms with E-state index in [1.807, 2.05) is 0 Å². The molecule has 4 heteroatoms. The first-order chi connectivity index (χ1) is 7.68. The molecule has 0 heterocycles. The van der Waals surface area contributed by atoms with Crippen LogP contribution in [0.4, 0.5) is 10.1 Å². The lowest BCUT2D eigenvalue weighted by atomic mass is 10.0. The molecule has 16 heavy (non-hydrogen) atoms. The highest BCUT2D eigenvalue weighted by Gasteiger charge is 2.11. The van der Waals surface area contributed by atoms with Gasteiger partial charge in [0, 0.05) is 17.7 Å². The number of rotatable bonds is 2. The van der Waals surface area contributed by atoms with Gasteiger partial charge in [-0.05, 0) is 11.6 Å². The Morgan fingerprint density at radius 3 is 2.50 bits per heavy atom. The number of hydrazine groups is 1. The van der Waals surface area contributed by atoms with Gasteiger partial charge in [0.25, 0.3) is 5.69 Å². The third-order valence-electron chi connectivity index (χ3n) is 2.29. The zero-order valence-electron chi connectivity index (χ0n) is 8.43. The molecule has 0 amide bonds. The van der Waals surface area contributed by atoms with Gasteiger partial charge in [-0.15, -0.1) is 0 Å². The molecule has 0 unspecified atom stereocenters. The lowest BCUT2D eigenvalue weighted by Gasteiger charge is -2.01. The molecular weight excluding hydrogens is 207 g/mol. The molecule has 0 fully saturated rings. The zero-order valence-corrected chi connectivity index (χ0v) is 8.43. The lowest BCUT2D eigenvalue weighted by Crippen LogP contribution is -2.08. The van der Waals surface area contributed by atoms with E-state index in [4.69, 9.17) is 5.84 Å². The van der Waals surface area contributed by atoms with Crippen LogP contribution < -0.4 is 5.84 Å². The molecule has 0 radical (unpaired) electrons. The Balaban J connectivity index is 2.53. The van der Waals surface area contributed by atoms with Gasteiger partial charge in [-0.2, -0.15) is 5.84 Å². The van der Waals surface area contributed by atoms with E-state index in [2.05, 4.69) is 0 Å². The third-order valence-corrected chi connectivity index (χ3v) is 2.29. The molecule has 2 aromatic rings. The summed E-state index contributed by atoms with van der Waals surface area (Å²) in [5.74, 6) is 4.76. The normalized spacial score (nSPS) is 10.1. The van der Waals surface area contributed by atoms with Crippen LogP contribution in [0.5, 0.6) is 0 Å². The predicted molar refractivity (Wildman–Crippen MR) is 59.3 cm³/mol.